The van der Waals surface area contributed by atoms with Crippen molar-refractivity contribution in [2.24, 2.45) is 11.8 Å². The molecular formula is C17H31N3O2. The van der Waals surface area contributed by atoms with E-state index in [1.807, 2.05) is 32.6 Å². The van der Waals surface area contributed by atoms with Crippen LogP contribution >= 0.6 is 0 Å². The normalized spacial score (nSPS) is 24.4. The highest BCUT2D eigenvalue weighted by atomic mass is 16.2. The van der Waals surface area contributed by atoms with E-state index in [1.54, 1.807) is 0 Å². The lowest BCUT2D eigenvalue weighted by molar-refractivity contribution is -0.140. The van der Waals surface area contributed by atoms with Gasteiger partial charge in [-0.05, 0) is 59.3 Å². The molecule has 2 rings (SSSR count). The largest absolute Gasteiger partial charge is 0.342 e. The molecule has 1 heterocycles. The van der Waals surface area contributed by atoms with Crippen LogP contribution in [0.25, 0.3) is 0 Å². The third kappa shape index (κ3) is 4.62. The summed E-state index contributed by atoms with van der Waals surface area (Å²) in [4.78, 5) is 26.4. The first-order chi connectivity index (χ1) is 10.3. The molecule has 0 spiro atoms. The van der Waals surface area contributed by atoms with Gasteiger partial charge in [0, 0.05) is 30.6 Å². The van der Waals surface area contributed by atoms with Crippen LogP contribution in [0.3, 0.4) is 0 Å². The number of nitrogens with zero attached hydrogens (tertiary/aromatic N) is 1. The molecule has 0 aromatic rings. The van der Waals surface area contributed by atoms with Gasteiger partial charge in [0.25, 0.3) is 0 Å². The van der Waals surface area contributed by atoms with E-state index in [1.165, 1.54) is 6.42 Å². The summed E-state index contributed by atoms with van der Waals surface area (Å²) in [6, 6.07) is -0.0400. The first-order valence-corrected chi connectivity index (χ1v) is 8.64. The lowest BCUT2D eigenvalue weighted by atomic mass is 9.83. The Bertz CT molecular complexity index is 413. The molecule has 0 aromatic heterocycles. The van der Waals surface area contributed by atoms with Crippen LogP contribution in [0, 0.1) is 11.8 Å². The Balaban J connectivity index is 1.83. The first-order valence-electron chi connectivity index (χ1n) is 8.64. The van der Waals surface area contributed by atoms with Crippen LogP contribution in [0.15, 0.2) is 0 Å². The van der Waals surface area contributed by atoms with Crippen molar-refractivity contribution in [3.8, 4) is 0 Å². The van der Waals surface area contributed by atoms with Crippen molar-refractivity contribution in [2.45, 2.75) is 71.4 Å². The zero-order valence-corrected chi connectivity index (χ0v) is 14.4. The van der Waals surface area contributed by atoms with Gasteiger partial charge in [0.2, 0.25) is 5.91 Å². The number of nitrogens with one attached hydrogen (secondary N) is 2. The van der Waals surface area contributed by atoms with Crippen molar-refractivity contribution in [3.63, 3.8) is 0 Å². The molecule has 2 fully saturated rings. The van der Waals surface area contributed by atoms with E-state index in [-0.39, 0.29) is 23.5 Å². The molecule has 0 bridgehead atoms. The molecule has 5 nitrogen and oxygen atoms in total. The van der Waals surface area contributed by atoms with E-state index in [9.17, 15) is 9.59 Å². The van der Waals surface area contributed by atoms with E-state index < -0.39 is 0 Å². The molecule has 0 radical (unpaired) electrons. The number of likely N-dealkylation sites (tertiary alicyclic amines) is 1. The number of amides is 3. The van der Waals surface area contributed by atoms with Gasteiger partial charge < -0.3 is 15.5 Å². The Hall–Kier alpha value is -1.26. The van der Waals surface area contributed by atoms with Crippen molar-refractivity contribution < 1.29 is 9.59 Å². The van der Waals surface area contributed by atoms with Gasteiger partial charge in [-0.25, -0.2) is 4.79 Å². The third-order valence-corrected chi connectivity index (χ3v) is 4.78. The Morgan fingerprint density at radius 2 is 1.82 bits per heavy atom. The smallest absolute Gasteiger partial charge is 0.315 e. The van der Waals surface area contributed by atoms with Gasteiger partial charge in [-0.1, -0.05) is 6.42 Å². The summed E-state index contributed by atoms with van der Waals surface area (Å²) >= 11 is 0. The molecule has 22 heavy (non-hydrogen) atoms. The van der Waals surface area contributed by atoms with E-state index in [0.717, 1.165) is 38.8 Å². The highest BCUT2D eigenvalue weighted by Crippen LogP contribution is 2.30. The topological polar surface area (TPSA) is 61.4 Å². The van der Waals surface area contributed by atoms with E-state index >= 15 is 0 Å². The number of hydrogen-bond acceptors (Lipinski definition) is 2. The number of rotatable bonds is 3. The first kappa shape index (κ1) is 17.1. The molecule has 5 heteroatoms. The highest BCUT2D eigenvalue weighted by molar-refractivity contribution is 5.79. The van der Waals surface area contributed by atoms with E-state index in [2.05, 4.69) is 10.6 Å². The highest BCUT2D eigenvalue weighted by Gasteiger charge is 2.33. The van der Waals surface area contributed by atoms with Gasteiger partial charge in [-0.3, -0.25) is 4.79 Å². The molecule has 1 aliphatic heterocycles. The van der Waals surface area contributed by atoms with Crippen LogP contribution in [-0.2, 0) is 4.79 Å². The van der Waals surface area contributed by atoms with Crippen LogP contribution in [0.4, 0.5) is 4.79 Å². The summed E-state index contributed by atoms with van der Waals surface area (Å²) in [7, 11) is 0. The van der Waals surface area contributed by atoms with E-state index in [4.69, 9.17) is 0 Å². The number of carbonyl (C=O) groups excluding carboxylic acids is 2. The molecular weight excluding hydrogens is 278 g/mol. The van der Waals surface area contributed by atoms with Gasteiger partial charge in [0.05, 0.1) is 0 Å². The molecule has 126 valence electrons. The van der Waals surface area contributed by atoms with Gasteiger partial charge in [0.15, 0.2) is 0 Å². The van der Waals surface area contributed by atoms with Crippen LogP contribution in [-0.4, -0.2) is 41.5 Å². The average molecular weight is 309 g/mol. The van der Waals surface area contributed by atoms with Crippen molar-refractivity contribution in [2.75, 3.05) is 13.1 Å². The number of urea groups is 1. The maximum absolute atomic E-state index is 12.4. The fourth-order valence-electron chi connectivity index (χ4n) is 3.23. The lowest BCUT2D eigenvalue weighted by Crippen LogP contribution is -2.53. The molecule has 1 saturated heterocycles. The second kappa shape index (κ2) is 6.88. The monoisotopic (exact) mass is 309 g/mol. The van der Waals surface area contributed by atoms with Crippen molar-refractivity contribution >= 4 is 11.9 Å². The van der Waals surface area contributed by atoms with E-state index in [0.29, 0.717) is 11.8 Å². The summed E-state index contributed by atoms with van der Waals surface area (Å²) in [5, 5.41) is 5.96. The van der Waals surface area contributed by atoms with Crippen LogP contribution in [0.2, 0.25) is 0 Å². The third-order valence-electron chi connectivity index (χ3n) is 4.78. The number of hydrogen-bond donors (Lipinski definition) is 2. The van der Waals surface area contributed by atoms with Gasteiger partial charge in [-0.15, -0.1) is 0 Å². The van der Waals surface area contributed by atoms with Gasteiger partial charge >= 0.3 is 6.03 Å². The molecule has 0 aromatic carbocycles. The second-order valence-corrected chi connectivity index (χ2v) is 7.95. The van der Waals surface area contributed by atoms with Crippen LogP contribution in [0.5, 0.6) is 0 Å². The maximum Gasteiger partial charge on any atom is 0.315 e. The molecule has 2 unspecified atom stereocenters. The summed E-state index contributed by atoms with van der Waals surface area (Å²) < 4.78 is 0. The zero-order valence-electron chi connectivity index (χ0n) is 14.4. The van der Waals surface area contributed by atoms with Crippen molar-refractivity contribution in [1.82, 2.24) is 15.5 Å². The van der Waals surface area contributed by atoms with Crippen LogP contribution in [0.1, 0.15) is 59.8 Å². The molecule has 2 aliphatic rings. The van der Waals surface area contributed by atoms with Crippen molar-refractivity contribution in [3.05, 3.63) is 0 Å². The molecule has 2 N–H and O–H groups in total. The Morgan fingerprint density at radius 3 is 2.36 bits per heavy atom. The molecule has 1 saturated carbocycles. The number of piperidine rings is 1. The fourth-order valence-corrected chi connectivity index (χ4v) is 3.23. The summed E-state index contributed by atoms with van der Waals surface area (Å²) in [5.74, 6) is 0.956. The zero-order chi connectivity index (χ0) is 16.3. The molecule has 3 amide bonds. The Kier molecular flexibility index (Phi) is 5.35. The SMILES string of the molecule is CC(NC(=O)NC(C)(C)C)C1CCCN(C(=O)C2CCC2)C1. The fraction of sp³-hybridized carbons (Fsp3) is 0.882. The summed E-state index contributed by atoms with van der Waals surface area (Å²) in [6.07, 6.45) is 5.42. The Morgan fingerprint density at radius 1 is 1.14 bits per heavy atom. The molecule has 1 aliphatic carbocycles. The predicted molar refractivity (Wildman–Crippen MR) is 87.5 cm³/mol. The Labute approximate surface area is 134 Å². The standard InChI is InChI=1S/C17H31N3O2/c1-12(18-16(22)19-17(2,3)4)14-9-6-10-20(11-14)15(21)13-7-5-8-13/h12-14H,5-11H2,1-4H3,(H2,18,19,22). The van der Waals surface area contributed by atoms with Crippen molar-refractivity contribution in [1.29, 1.82) is 0 Å². The average Bonchev–Trinajstić information content (AvgIpc) is 2.34. The molecule has 2 atom stereocenters. The maximum atomic E-state index is 12.4. The minimum atomic E-state index is -0.234. The van der Waals surface area contributed by atoms with Crippen LogP contribution < -0.4 is 10.6 Å². The van der Waals surface area contributed by atoms with Gasteiger partial charge in [-0.2, -0.15) is 0 Å². The minimum absolute atomic E-state index is 0.0827. The summed E-state index contributed by atoms with van der Waals surface area (Å²) in [5.41, 5.74) is -0.234. The predicted octanol–water partition coefficient (Wildman–Crippen LogP) is 2.51. The summed E-state index contributed by atoms with van der Waals surface area (Å²) in [6.45, 7) is 9.62. The number of carbonyl (C=O) groups is 2. The quantitative estimate of drug-likeness (QED) is 0.841. The second-order valence-electron chi connectivity index (χ2n) is 7.95. The minimum Gasteiger partial charge on any atom is -0.342 e. The van der Waals surface area contributed by atoms with Gasteiger partial charge in [0.1, 0.15) is 0 Å². The lowest BCUT2D eigenvalue weighted by Gasteiger charge is -2.39.